The van der Waals surface area contributed by atoms with Crippen LogP contribution in [0.3, 0.4) is 0 Å². The second kappa shape index (κ2) is 10.0. The van der Waals surface area contributed by atoms with Gasteiger partial charge in [-0.05, 0) is 87.1 Å². The van der Waals surface area contributed by atoms with E-state index in [2.05, 4.69) is 138 Å². The second-order valence-electron chi connectivity index (χ2n) is 12.1. The minimum absolute atomic E-state index is 0.442. The quantitative estimate of drug-likeness (QED) is 0.209. The van der Waals surface area contributed by atoms with Gasteiger partial charge in [0.15, 0.2) is 0 Å². The highest BCUT2D eigenvalue weighted by Crippen LogP contribution is 2.64. The van der Waals surface area contributed by atoms with Crippen LogP contribution in [-0.4, -0.2) is 10.5 Å². The molecule has 4 aliphatic rings. The maximum absolute atomic E-state index is 2.55. The summed E-state index contributed by atoms with van der Waals surface area (Å²) >= 11 is 8.21. The van der Waals surface area contributed by atoms with Crippen LogP contribution in [0, 0.1) is 27.7 Å². The molecule has 0 bridgehead atoms. The van der Waals surface area contributed by atoms with Crippen LogP contribution in [0.25, 0.3) is 22.3 Å². The molecular formula is C38H34S4. The van der Waals surface area contributed by atoms with E-state index in [0.717, 1.165) is 0 Å². The first-order valence-corrected chi connectivity index (χ1v) is 18.4. The summed E-state index contributed by atoms with van der Waals surface area (Å²) in [4.78, 5) is 5.90. The van der Waals surface area contributed by atoms with Crippen LogP contribution in [0.4, 0.5) is 0 Å². The van der Waals surface area contributed by atoms with Gasteiger partial charge in [-0.1, -0.05) is 60.7 Å². The number of fused-ring (bicyclic) bond motifs is 5. The Morgan fingerprint density at radius 2 is 0.881 bits per heavy atom. The molecule has 2 aliphatic heterocycles. The van der Waals surface area contributed by atoms with E-state index >= 15 is 0 Å². The molecular weight excluding hydrogens is 585 g/mol. The van der Waals surface area contributed by atoms with Crippen molar-refractivity contribution >= 4 is 68.5 Å². The molecule has 0 nitrogen and oxygen atoms in total. The van der Waals surface area contributed by atoms with Crippen molar-refractivity contribution in [1.82, 2.24) is 0 Å². The molecule has 4 heteroatoms. The summed E-state index contributed by atoms with van der Waals surface area (Å²) in [6.07, 6.45) is 9.60. The Labute approximate surface area is 266 Å². The molecule has 2 aromatic heterocycles. The number of thiophene rings is 2. The molecule has 0 saturated carbocycles. The highest BCUT2D eigenvalue weighted by Gasteiger charge is 2.42. The summed E-state index contributed by atoms with van der Waals surface area (Å²) in [7, 11) is 0. The monoisotopic (exact) mass is 618 g/mol. The maximum Gasteiger partial charge on any atom is 0.0577 e. The van der Waals surface area contributed by atoms with Crippen LogP contribution in [0.5, 0.6) is 0 Å². The van der Waals surface area contributed by atoms with Gasteiger partial charge in [-0.2, -0.15) is 0 Å². The van der Waals surface area contributed by atoms with E-state index in [4.69, 9.17) is 0 Å². The van der Waals surface area contributed by atoms with E-state index in [1.807, 2.05) is 22.7 Å². The first-order valence-electron chi connectivity index (χ1n) is 14.9. The summed E-state index contributed by atoms with van der Waals surface area (Å²) in [5.41, 5.74) is 17.1. The molecule has 4 heterocycles. The van der Waals surface area contributed by atoms with Crippen molar-refractivity contribution < 1.29 is 0 Å². The highest BCUT2D eigenvalue weighted by atomic mass is 32.2. The standard InChI is InChI=1S/C38H34S4/c1-19-9-7-10-20(2)31(19)35-33-25-17-30(28-16-14-24(6)40-28)42-38(25)36(32-21(3)11-8-12-22(32)4)34(33)26-18-29(41-37(26)35)27-15-13-23(5)39-27/h7-18,23-24,27-28H,1-6H3. The van der Waals surface area contributed by atoms with E-state index in [1.54, 1.807) is 0 Å². The van der Waals surface area contributed by atoms with Gasteiger partial charge in [0.1, 0.15) is 0 Å². The lowest BCUT2D eigenvalue weighted by atomic mass is 9.91. The normalized spacial score (nSPS) is 23.9. The molecule has 0 saturated heterocycles. The molecule has 4 unspecified atom stereocenters. The number of benzene rings is 2. The number of rotatable bonds is 4. The Morgan fingerprint density at radius 1 is 0.500 bits per heavy atom. The van der Waals surface area contributed by atoms with Crippen molar-refractivity contribution in [2.75, 3.05) is 0 Å². The second-order valence-corrected chi connectivity index (χ2v) is 17.3. The summed E-state index contributed by atoms with van der Waals surface area (Å²) in [5.74, 6) is 0. The summed E-state index contributed by atoms with van der Waals surface area (Å²) in [5, 5.41) is 2.03. The zero-order chi connectivity index (χ0) is 28.9. The minimum atomic E-state index is 0.442. The van der Waals surface area contributed by atoms with Gasteiger partial charge in [0, 0.05) is 63.4 Å². The van der Waals surface area contributed by atoms with Crippen LogP contribution in [0.2, 0.25) is 0 Å². The van der Waals surface area contributed by atoms with Gasteiger partial charge in [0.05, 0.1) is 10.5 Å². The van der Waals surface area contributed by atoms with Crippen LogP contribution >= 0.6 is 46.2 Å². The van der Waals surface area contributed by atoms with Crippen molar-refractivity contribution in [3.63, 3.8) is 0 Å². The predicted molar refractivity (Wildman–Crippen MR) is 190 cm³/mol. The third kappa shape index (κ3) is 4.02. The lowest BCUT2D eigenvalue weighted by Gasteiger charge is -2.14. The fourth-order valence-electron chi connectivity index (χ4n) is 7.24. The third-order valence-corrected chi connectivity index (χ3v) is 14.5. The molecule has 2 aromatic carbocycles. The van der Waals surface area contributed by atoms with Crippen LogP contribution in [0.1, 0.15) is 88.4 Å². The molecule has 0 fully saturated rings. The molecule has 4 aromatic rings. The van der Waals surface area contributed by atoms with Gasteiger partial charge >= 0.3 is 0 Å². The number of hydrogen-bond donors (Lipinski definition) is 0. The lowest BCUT2D eigenvalue weighted by molar-refractivity contribution is 1.27. The van der Waals surface area contributed by atoms with E-state index in [-0.39, 0.29) is 0 Å². The predicted octanol–water partition coefficient (Wildman–Crippen LogP) is 11.8. The van der Waals surface area contributed by atoms with Gasteiger partial charge in [-0.3, -0.25) is 0 Å². The van der Waals surface area contributed by atoms with Crippen molar-refractivity contribution in [3.8, 4) is 0 Å². The molecule has 0 radical (unpaired) electrons. The molecule has 8 rings (SSSR count). The molecule has 0 amide bonds. The van der Waals surface area contributed by atoms with Crippen LogP contribution < -0.4 is 0 Å². The SMILES string of the molecule is Cc1cccc(C)c1C1=C2C(=C(c3c(C)cccc3C)c3sc(C4C=CC(C)S4)cc32)c2cc(C3C=CC(C)S3)sc21. The minimum Gasteiger partial charge on any atom is -0.141 e. The third-order valence-electron chi connectivity index (χ3n) is 9.10. The molecule has 0 N–H and O–H groups in total. The van der Waals surface area contributed by atoms with Crippen molar-refractivity contribution in [2.24, 2.45) is 0 Å². The maximum atomic E-state index is 2.55. The zero-order valence-corrected chi connectivity index (χ0v) is 28.1. The van der Waals surface area contributed by atoms with E-state index in [9.17, 15) is 0 Å². The smallest absolute Gasteiger partial charge is 0.0577 e. The molecule has 2 aliphatic carbocycles. The Balaban J connectivity index is 1.46. The van der Waals surface area contributed by atoms with Gasteiger partial charge < -0.3 is 0 Å². The Kier molecular flexibility index (Phi) is 6.46. The lowest BCUT2D eigenvalue weighted by Crippen LogP contribution is -1.95. The molecule has 4 atom stereocenters. The highest BCUT2D eigenvalue weighted by molar-refractivity contribution is 8.01. The summed E-state index contributed by atoms with van der Waals surface area (Å²) < 4.78 is 0. The Bertz CT molecular complexity index is 1740. The first-order chi connectivity index (χ1) is 20.3. The average molecular weight is 619 g/mol. The Morgan fingerprint density at radius 3 is 1.21 bits per heavy atom. The van der Waals surface area contributed by atoms with E-state index in [0.29, 0.717) is 21.0 Å². The number of hydrogen-bond acceptors (Lipinski definition) is 4. The Hall–Kier alpha value is -2.50. The van der Waals surface area contributed by atoms with Gasteiger partial charge in [-0.25, -0.2) is 0 Å². The molecule has 42 heavy (non-hydrogen) atoms. The molecule has 210 valence electrons. The largest absolute Gasteiger partial charge is 0.141 e. The topological polar surface area (TPSA) is 0 Å². The number of allylic oxidation sites excluding steroid dienone is 2. The van der Waals surface area contributed by atoms with Crippen molar-refractivity contribution in [3.05, 3.63) is 137 Å². The first kappa shape index (κ1) is 27.1. The average Bonchev–Trinajstić information content (AvgIpc) is 3.76. The van der Waals surface area contributed by atoms with E-state index < -0.39 is 0 Å². The molecule has 0 spiro atoms. The number of aryl methyl sites for hydroxylation is 4. The van der Waals surface area contributed by atoms with Gasteiger partial charge in [0.25, 0.3) is 0 Å². The summed E-state index contributed by atoms with van der Waals surface area (Å²) in [6, 6.07) is 18.7. The van der Waals surface area contributed by atoms with Gasteiger partial charge in [0.2, 0.25) is 0 Å². The fraction of sp³-hybridized carbons (Fsp3) is 0.263. The van der Waals surface area contributed by atoms with Crippen molar-refractivity contribution in [2.45, 2.75) is 62.5 Å². The summed E-state index contributed by atoms with van der Waals surface area (Å²) in [6.45, 7) is 13.8. The van der Waals surface area contributed by atoms with Crippen LogP contribution in [-0.2, 0) is 0 Å². The van der Waals surface area contributed by atoms with Crippen molar-refractivity contribution in [1.29, 1.82) is 0 Å². The zero-order valence-electron chi connectivity index (χ0n) is 24.9. The van der Waals surface area contributed by atoms with E-state index in [1.165, 1.54) is 86.3 Å². The fourth-order valence-corrected chi connectivity index (χ4v) is 12.3. The van der Waals surface area contributed by atoms with Crippen LogP contribution in [0.15, 0.2) is 72.8 Å². The number of thioether (sulfide) groups is 2. The van der Waals surface area contributed by atoms with Gasteiger partial charge in [-0.15, -0.1) is 46.2 Å².